The molecule has 0 aliphatic carbocycles. The van der Waals surface area contributed by atoms with Gasteiger partial charge in [0.25, 0.3) is 5.91 Å². The summed E-state index contributed by atoms with van der Waals surface area (Å²) < 4.78 is 37.4. The quantitative estimate of drug-likeness (QED) is 0.284. The highest BCUT2D eigenvalue weighted by Crippen LogP contribution is 2.31. The van der Waals surface area contributed by atoms with Gasteiger partial charge in [-0.05, 0) is 5.92 Å². The van der Waals surface area contributed by atoms with Crippen LogP contribution in [0.15, 0.2) is 12.7 Å². The molecule has 6 N–H and O–H groups in total. The van der Waals surface area contributed by atoms with Crippen LogP contribution in [-0.2, 0) is 24.0 Å². The molecule has 1 saturated heterocycles. The van der Waals surface area contributed by atoms with E-state index < -0.39 is 59.4 Å². The summed E-state index contributed by atoms with van der Waals surface area (Å²) in [5.41, 5.74) is 6.48. The maximum absolute atomic E-state index is 12.0. The summed E-state index contributed by atoms with van der Waals surface area (Å²) in [4.78, 5) is 23.9. The van der Waals surface area contributed by atoms with Crippen LogP contribution in [0.5, 0.6) is 0 Å². The van der Waals surface area contributed by atoms with Gasteiger partial charge in [-0.2, -0.15) is 8.42 Å². The zero-order valence-corrected chi connectivity index (χ0v) is 17.5. The number of imidazole rings is 1. The molecule has 3 rings (SSSR count). The molecule has 1 amide bonds. The van der Waals surface area contributed by atoms with E-state index in [4.69, 9.17) is 14.7 Å². The van der Waals surface area contributed by atoms with E-state index in [0.717, 1.165) is 0 Å². The molecule has 0 spiro atoms. The maximum Gasteiger partial charge on any atom is 0.362 e. The highest BCUT2D eigenvalue weighted by Gasteiger charge is 2.37. The molecule has 15 heteroatoms. The average Bonchev–Trinajstić information content (AvgIpc) is 3.29. The number of nitrogen functional groups attached to an aromatic ring is 1. The lowest BCUT2D eigenvalue weighted by atomic mass is 10.0. The Morgan fingerprint density at radius 3 is 2.77 bits per heavy atom. The number of fused-ring (bicyclic) bond motifs is 1. The smallest absolute Gasteiger partial charge is 0.362 e. The molecule has 14 nitrogen and oxygen atoms in total. The average molecular weight is 460 g/mol. The van der Waals surface area contributed by atoms with Gasteiger partial charge >= 0.3 is 10.3 Å². The fraction of sp³-hybridized carbons (Fsp3) is 0.625. The first-order chi connectivity index (χ1) is 14.5. The van der Waals surface area contributed by atoms with Crippen molar-refractivity contribution in [2.75, 3.05) is 12.3 Å². The highest BCUT2D eigenvalue weighted by molar-refractivity contribution is 7.85. The molecule has 0 unspecified atom stereocenters. The summed E-state index contributed by atoms with van der Waals surface area (Å²) in [7, 11) is -4.63. The van der Waals surface area contributed by atoms with E-state index in [9.17, 15) is 28.5 Å². The standard InChI is InChI=1S/C16H24N6O8S/c1-7(2)12(24)13(25)16(26)21-31(27,28)29-4-9-8(23)3-10(30-9)22-6-20-11-14(17)18-5-19-15(11)22/h5-10,12-13,23-25H,3-4H2,1-2H3,(H,21,26)(H2,17,18,19)/t8-,9+,10+,12+,13-/m0/s1. The Morgan fingerprint density at radius 2 is 2.10 bits per heavy atom. The van der Waals surface area contributed by atoms with Gasteiger partial charge in [-0.3, -0.25) is 13.5 Å². The normalized spacial score (nSPS) is 23.9. The highest BCUT2D eigenvalue weighted by atomic mass is 32.2. The fourth-order valence-corrected chi connectivity index (χ4v) is 3.75. The van der Waals surface area contributed by atoms with Crippen LogP contribution in [0, 0.1) is 5.92 Å². The molecular weight excluding hydrogens is 436 g/mol. The van der Waals surface area contributed by atoms with Crippen molar-refractivity contribution in [3.05, 3.63) is 12.7 Å². The third-order valence-electron chi connectivity index (χ3n) is 4.79. The lowest BCUT2D eigenvalue weighted by Gasteiger charge is -2.20. The van der Waals surface area contributed by atoms with Crippen LogP contribution >= 0.6 is 0 Å². The summed E-state index contributed by atoms with van der Waals surface area (Å²) in [6, 6.07) is 0. The van der Waals surface area contributed by atoms with Crippen molar-refractivity contribution in [1.29, 1.82) is 0 Å². The molecule has 2 aromatic heterocycles. The number of carbonyl (C=O) groups excluding carboxylic acids is 1. The Hall–Kier alpha value is -2.43. The van der Waals surface area contributed by atoms with Crippen molar-refractivity contribution < 1.29 is 37.5 Å². The molecule has 1 fully saturated rings. The zero-order chi connectivity index (χ0) is 22.9. The van der Waals surface area contributed by atoms with Crippen LogP contribution in [0.2, 0.25) is 0 Å². The number of aliphatic hydroxyl groups is 3. The van der Waals surface area contributed by atoms with Gasteiger partial charge in [0.05, 0.1) is 25.1 Å². The molecule has 2 aromatic rings. The van der Waals surface area contributed by atoms with E-state index in [0.29, 0.717) is 11.2 Å². The van der Waals surface area contributed by atoms with Crippen molar-refractivity contribution in [3.8, 4) is 0 Å². The van der Waals surface area contributed by atoms with Gasteiger partial charge in [-0.25, -0.2) is 19.7 Å². The van der Waals surface area contributed by atoms with E-state index in [1.54, 1.807) is 13.8 Å². The predicted octanol–water partition coefficient (Wildman–Crippen LogP) is -2.19. The number of aromatic nitrogens is 4. The van der Waals surface area contributed by atoms with Gasteiger partial charge in [-0.1, -0.05) is 13.8 Å². The number of nitrogens with zero attached hydrogens (tertiary/aromatic N) is 4. The number of hydrogen-bond acceptors (Lipinski definition) is 12. The molecule has 1 aliphatic rings. The van der Waals surface area contributed by atoms with Crippen LogP contribution in [-0.4, -0.2) is 80.2 Å². The van der Waals surface area contributed by atoms with Crippen LogP contribution in [0.25, 0.3) is 11.2 Å². The first-order valence-corrected chi connectivity index (χ1v) is 10.7. The maximum atomic E-state index is 12.0. The number of carbonyl (C=O) groups is 1. The van der Waals surface area contributed by atoms with Crippen molar-refractivity contribution in [1.82, 2.24) is 24.2 Å². The van der Waals surface area contributed by atoms with Crippen molar-refractivity contribution in [2.45, 2.75) is 50.9 Å². The summed E-state index contributed by atoms with van der Waals surface area (Å²) in [5.74, 6) is -1.65. The Bertz CT molecular complexity index is 1040. The molecule has 0 radical (unpaired) electrons. The van der Waals surface area contributed by atoms with E-state index in [1.165, 1.54) is 21.9 Å². The SMILES string of the molecule is CC(C)[C@@H](O)[C@H](O)C(=O)NS(=O)(=O)OC[C@H]1O[C@@H](n2cnc3c(N)ncnc32)C[C@@H]1O. The van der Waals surface area contributed by atoms with Crippen molar-refractivity contribution >= 4 is 33.2 Å². The largest absolute Gasteiger partial charge is 0.390 e. The molecule has 0 bridgehead atoms. The van der Waals surface area contributed by atoms with Crippen molar-refractivity contribution in [2.24, 2.45) is 5.92 Å². The number of rotatable bonds is 8. The van der Waals surface area contributed by atoms with Crippen molar-refractivity contribution in [3.63, 3.8) is 0 Å². The number of ether oxygens (including phenoxy) is 1. The summed E-state index contributed by atoms with van der Waals surface area (Å²) in [5, 5.41) is 29.6. The second kappa shape index (κ2) is 8.97. The summed E-state index contributed by atoms with van der Waals surface area (Å²) >= 11 is 0. The number of aliphatic hydroxyl groups excluding tert-OH is 3. The molecule has 3 heterocycles. The minimum absolute atomic E-state index is 0.0924. The first-order valence-electron chi connectivity index (χ1n) is 9.34. The third-order valence-corrected chi connectivity index (χ3v) is 5.69. The predicted molar refractivity (Wildman–Crippen MR) is 104 cm³/mol. The number of anilines is 1. The van der Waals surface area contributed by atoms with E-state index in [1.807, 2.05) is 0 Å². The molecule has 0 saturated carbocycles. The van der Waals surface area contributed by atoms with Gasteiger partial charge < -0.3 is 25.8 Å². The number of hydrogen-bond donors (Lipinski definition) is 5. The van der Waals surface area contributed by atoms with Gasteiger partial charge in [0.2, 0.25) is 0 Å². The molecule has 5 atom stereocenters. The first kappa shape index (κ1) is 23.2. The van der Waals surface area contributed by atoms with Gasteiger partial charge in [0.15, 0.2) is 17.6 Å². The van der Waals surface area contributed by atoms with Gasteiger partial charge in [-0.15, -0.1) is 0 Å². The van der Waals surface area contributed by atoms with Crippen LogP contribution in [0.1, 0.15) is 26.5 Å². The van der Waals surface area contributed by atoms with Gasteiger partial charge in [0, 0.05) is 6.42 Å². The number of amides is 1. The van der Waals surface area contributed by atoms with Crippen LogP contribution in [0.4, 0.5) is 5.82 Å². The zero-order valence-electron chi connectivity index (χ0n) is 16.7. The molecule has 31 heavy (non-hydrogen) atoms. The molecule has 172 valence electrons. The third kappa shape index (κ3) is 5.08. The molecule has 1 aliphatic heterocycles. The number of nitrogens with one attached hydrogen (secondary N) is 1. The Morgan fingerprint density at radius 1 is 1.39 bits per heavy atom. The topological polar surface area (TPSA) is 212 Å². The molecular formula is C16H24N6O8S. The van der Waals surface area contributed by atoms with E-state index in [-0.39, 0.29) is 12.2 Å². The minimum Gasteiger partial charge on any atom is -0.390 e. The minimum atomic E-state index is -4.63. The lowest BCUT2D eigenvalue weighted by Crippen LogP contribution is -2.47. The summed E-state index contributed by atoms with van der Waals surface area (Å²) in [6.07, 6.45) is -3.51. The van der Waals surface area contributed by atoms with E-state index >= 15 is 0 Å². The number of nitrogens with two attached hydrogens (primary N) is 1. The summed E-state index contributed by atoms with van der Waals surface area (Å²) in [6.45, 7) is 2.49. The lowest BCUT2D eigenvalue weighted by molar-refractivity contribution is -0.135. The second-order valence-electron chi connectivity index (χ2n) is 7.40. The van der Waals surface area contributed by atoms with Crippen LogP contribution in [0.3, 0.4) is 0 Å². The monoisotopic (exact) mass is 460 g/mol. The van der Waals surface area contributed by atoms with Crippen LogP contribution < -0.4 is 10.5 Å². The fourth-order valence-electron chi connectivity index (χ4n) is 3.01. The second-order valence-corrected chi connectivity index (χ2v) is 8.75. The Labute approximate surface area is 177 Å². The molecule has 0 aromatic carbocycles. The van der Waals surface area contributed by atoms with Gasteiger partial charge in [0.1, 0.15) is 24.2 Å². The Balaban J connectivity index is 1.60. The van der Waals surface area contributed by atoms with E-state index in [2.05, 4.69) is 15.0 Å². The Kier molecular flexibility index (Phi) is 6.73.